The molecule has 0 unspecified atom stereocenters. The Balaban J connectivity index is 2.23. The summed E-state index contributed by atoms with van der Waals surface area (Å²) in [5.41, 5.74) is 0.593. The summed E-state index contributed by atoms with van der Waals surface area (Å²) in [6.07, 6.45) is 3.81. The minimum Gasteiger partial charge on any atom is -0.480 e. The van der Waals surface area contributed by atoms with E-state index in [2.05, 4.69) is 34.5 Å². The number of carbonyl (C=O) groups is 1. The molecule has 2 rings (SSSR count). The van der Waals surface area contributed by atoms with Crippen molar-refractivity contribution in [3.63, 3.8) is 0 Å². The van der Waals surface area contributed by atoms with Gasteiger partial charge in [0.05, 0.1) is 7.11 Å². The van der Waals surface area contributed by atoms with Crippen LogP contribution in [0, 0.1) is 9.49 Å². The maximum atomic E-state index is 12.5. The second-order valence-corrected chi connectivity index (χ2v) is 5.81. The lowest BCUT2D eigenvalue weighted by molar-refractivity contribution is 0.0692. The molecular formula is C13H17IN2O2. The minimum atomic E-state index is 0.0382. The van der Waals surface area contributed by atoms with Crippen LogP contribution in [0.1, 0.15) is 30.1 Å². The van der Waals surface area contributed by atoms with Gasteiger partial charge in [-0.2, -0.15) is 0 Å². The van der Waals surface area contributed by atoms with Gasteiger partial charge in [-0.15, -0.1) is 0 Å². The van der Waals surface area contributed by atoms with Crippen LogP contribution in [-0.2, 0) is 0 Å². The lowest BCUT2D eigenvalue weighted by atomic mass is 9.99. The highest BCUT2D eigenvalue weighted by Crippen LogP contribution is 2.25. The van der Waals surface area contributed by atoms with Crippen molar-refractivity contribution in [2.45, 2.75) is 19.8 Å². The average Bonchev–Trinajstić information content (AvgIpc) is 2.38. The summed E-state index contributed by atoms with van der Waals surface area (Å²) in [5, 5.41) is 0. The molecule has 0 aliphatic carbocycles. The largest absolute Gasteiger partial charge is 0.480 e. The van der Waals surface area contributed by atoms with Crippen molar-refractivity contribution >= 4 is 28.5 Å². The number of carbonyl (C=O) groups excluding carboxylic acids is 1. The van der Waals surface area contributed by atoms with Crippen LogP contribution in [0.4, 0.5) is 0 Å². The van der Waals surface area contributed by atoms with Crippen molar-refractivity contribution in [3.8, 4) is 5.88 Å². The van der Waals surface area contributed by atoms with E-state index in [1.807, 2.05) is 11.0 Å². The van der Waals surface area contributed by atoms with Crippen LogP contribution in [-0.4, -0.2) is 36.0 Å². The number of piperidine rings is 1. The van der Waals surface area contributed by atoms with Crippen molar-refractivity contribution in [1.82, 2.24) is 9.88 Å². The normalized spacial score (nSPS) is 16.7. The van der Waals surface area contributed by atoms with Gasteiger partial charge in [-0.25, -0.2) is 4.98 Å². The highest BCUT2D eigenvalue weighted by molar-refractivity contribution is 14.1. The Morgan fingerprint density at radius 1 is 1.50 bits per heavy atom. The van der Waals surface area contributed by atoms with Crippen molar-refractivity contribution < 1.29 is 9.53 Å². The van der Waals surface area contributed by atoms with Gasteiger partial charge in [0.2, 0.25) is 5.88 Å². The first kappa shape index (κ1) is 13.6. The first-order valence-electron chi connectivity index (χ1n) is 6.11. The van der Waals surface area contributed by atoms with Gasteiger partial charge in [0, 0.05) is 22.9 Å². The number of halogens is 1. The number of pyridine rings is 1. The Kier molecular flexibility index (Phi) is 4.42. The molecule has 4 nitrogen and oxygen atoms in total. The number of amides is 1. The van der Waals surface area contributed by atoms with Crippen LogP contribution in [0.15, 0.2) is 12.3 Å². The van der Waals surface area contributed by atoms with E-state index in [9.17, 15) is 4.79 Å². The zero-order valence-corrected chi connectivity index (χ0v) is 12.8. The number of hydrogen-bond acceptors (Lipinski definition) is 3. The van der Waals surface area contributed by atoms with E-state index >= 15 is 0 Å². The molecule has 98 valence electrons. The second-order valence-electron chi connectivity index (χ2n) is 4.65. The Hall–Kier alpha value is -0.850. The molecule has 1 aliphatic rings. The van der Waals surface area contributed by atoms with Gasteiger partial charge in [-0.05, 0) is 47.4 Å². The Morgan fingerprint density at radius 3 is 2.78 bits per heavy atom. The molecule has 0 radical (unpaired) electrons. The van der Waals surface area contributed by atoms with E-state index in [0.29, 0.717) is 17.4 Å². The van der Waals surface area contributed by atoms with Gasteiger partial charge < -0.3 is 9.64 Å². The smallest absolute Gasteiger partial charge is 0.260 e. The summed E-state index contributed by atoms with van der Waals surface area (Å²) < 4.78 is 6.09. The van der Waals surface area contributed by atoms with Gasteiger partial charge >= 0.3 is 0 Å². The topological polar surface area (TPSA) is 42.4 Å². The maximum Gasteiger partial charge on any atom is 0.260 e. The first-order valence-corrected chi connectivity index (χ1v) is 7.19. The summed E-state index contributed by atoms with van der Waals surface area (Å²) >= 11 is 2.16. The summed E-state index contributed by atoms with van der Waals surface area (Å²) in [5.74, 6) is 1.17. The Bertz CT molecular complexity index is 443. The molecule has 1 aromatic rings. The van der Waals surface area contributed by atoms with Crippen LogP contribution in [0.25, 0.3) is 0 Å². The summed E-state index contributed by atoms with van der Waals surface area (Å²) in [6.45, 7) is 3.89. The van der Waals surface area contributed by atoms with E-state index in [4.69, 9.17) is 4.74 Å². The molecule has 18 heavy (non-hydrogen) atoms. The minimum absolute atomic E-state index is 0.0382. The molecule has 0 atom stereocenters. The zero-order chi connectivity index (χ0) is 13.1. The first-order chi connectivity index (χ1) is 8.63. The highest BCUT2D eigenvalue weighted by Gasteiger charge is 2.26. The molecule has 5 heteroatoms. The third kappa shape index (κ3) is 2.76. The van der Waals surface area contributed by atoms with Crippen molar-refractivity contribution in [2.75, 3.05) is 20.2 Å². The van der Waals surface area contributed by atoms with E-state index in [1.54, 1.807) is 13.3 Å². The van der Waals surface area contributed by atoms with Crippen molar-refractivity contribution in [2.24, 2.45) is 5.92 Å². The van der Waals surface area contributed by atoms with E-state index in [-0.39, 0.29) is 5.91 Å². The second kappa shape index (κ2) is 5.86. The summed E-state index contributed by atoms with van der Waals surface area (Å²) in [7, 11) is 1.55. The van der Waals surface area contributed by atoms with Gasteiger partial charge in [0.25, 0.3) is 5.91 Å². The molecule has 0 bridgehead atoms. The van der Waals surface area contributed by atoms with Crippen LogP contribution in [0.2, 0.25) is 0 Å². The standard InChI is InChI=1S/C13H17IN2O2/c1-9-4-7-16(8-5-9)13(17)11-10(14)3-6-15-12(11)18-2/h3,6,9H,4-5,7-8H2,1-2H3. The lowest BCUT2D eigenvalue weighted by Gasteiger charge is -2.30. The number of rotatable bonds is 2. The molecule has 0 aromatic carbocycles. The van der Waals surface area contributed by atoms with E-state index in [0.717, 1.165) is 29.5 Å². The predicted molar refractivity (Wildman–Crippen MR) is 77.8 cm³/mol. The molecule has 1 aliphatic heterocycles. The van der Waals surface area contributed by atoms with Gasteiger partial charge in [-0.1, -0.05) is 6.92 Å². The SMILES string of the molecule is COc1nccc(I)c1C(=O)N1CCC(C)CC1. The molecule has 0 N–H and O–H groups in total. The Labute approximate surface area is 121 Å². The van der Waals surface area contributed by atoms with E-state index < -0.39 is 0 Å². The zero-order valence-electron chi connectivity index (χ0n) is 10.6. The van der Waals surface area contributed by atoms with Crippen molar-refractivity contribution in [1.29, 1.82) is 0 Å². The fourth-order valence-corrected chi connectivity index (χ4v) is 2.76. The number of likely N-dealkylation sites (tertiary alicyclic amines) is 1. The molecule has 0 spiro atoms. The van der Waals surface area contributed by atoms with Crippen LogP contribution in [0.3, 0.4) is 0 Å². The average molecular weight is 360 g/mol. The quantitative estimate of drug-likeness (QED) is 0.762. The number of hydrogen-bond donors (Lipinski definition) is 0. The third-order valence-corrected chi connectivity index (χ3v) is 4.24. The number of methoxy groups -OCH3 is 1. The third-order valence-electron chi connectivity index (χ3n) is 3.34. The maximum absolute atomic E-state index is 12.5. The lowest BCUT2D eigenvalue weighted by Crippen LogP contribution is -2.38. The number of ether oxygens (including phenoxy) is 1. The van der Waals surface area contributed by atoms with Crippen LogP contribution >= 0.6 is 22.6 Å². The molecule has 2 heterocycles. The van der Waals surface area contributed by atoms with Crippen LogP contribution < -0.4 is 4.74 Å². The fraction of sp³-hybridized carbons (Fsp3) is 0.538. The van der Waals surface area contributed by atoms with Gasteiger partial charge in [-0.3, -0.25) is 4.79 Å². The molecule has 0 saturated carbocycles. The number of nitrogens with zero attached hydrogens (tertiary/aromatic N) is 2. The monoisotopic (exact) mass is 360 g/mol. The van der Waals surface area contributed by atoms with E-state index in [1.165, 1.54) is 0 Å². The van der Waals surface area contributed by atoms with Crippen molar-refractivity contribution in [3.05, 3.63) is 21.4 Å². The van der Waals surface area contributed by atoms with Gasteiger partial charge in [0.1, 0.15) is 5.56 Å². The molecule has 1 amide bonds. The fourth-order valence-electron chi connectivity index (χ4n) is 2.14. The van der Waals surface area contributed by atoms with Crippen LogP contribution in [0.5, 0.6) is 5.88 Å². The molecule has 1 fully saturated rings. The summed E-state index contributed by atoms with van der Waals surface area (Å²) in [6, 6.07) is 1.84. The summed E-state index contributed by atoms with van der Waals surface area (Å²) in [4.78, 5) is 18.5. The highest BCUT2D eigenvalue weighted by atomic mass is 127. The molecule has 1 aromatic heterocycles. The molecule has 1 saturated heterocycles. The number of aromatic nitrogens is 1. The predicted octanol–water partition coefficient (Wildman–Crippen LogP) is 2.57. The Morgan fingerprint density at radius 2 is 2.17 bits per heavy atom. The molecular weight excluding hydrogens is 343 g/mol. The van der Waals surface area contributed by atoms with Gasteiger partial charge in [0.15, 0.2) is 0 Å².